The van der Waals surface area contributed by atoms with Gasteiger partial charge in [-0.1, -0.05) is 12.1 Å². The topological polar surface area (TPSA) is 78.4 Å². The Kier molecular flexibility index (Phi) is 5.32. The van der Waals surface area contributed by atoms with Gasteiger partial charge >= 0.3 is 11.8 Å². The van der Waals surface area contributed by atoms with E-state index in [0.717, 1.165) is 5.56 Å². The van der Waals surface area contributed by atoms with Crippen molar-refractivity contribution >= 4 is 17.5 Å². The van der Waals surface area contributed by atoms with Crippen molar-refractivity contribution in [3.8, 4) is 0 Å². The zero-order valence-electron chi connectivity index (χ0n) is 10.6. The summed E-state index contributed by atoms with van der Waals surface area (Å²) in [5.74, 6) is -1.40. The monoisotopic (exact) mass is 250 g/mol. The van der Waals surface area contributed by atoms with Crippen molar-refractivity contribution in [2.24, 2.45) is 0 Å². The number of anilines is 1. The predicted octanol–water partition coefficient (Wildman–Crippen LogP) is 0.821. The highest BCUT2D eigenvalue weighted by Gasteiger charge is 2.13. The number of carbonyl (C=O) groups excluding carboxylic acids is 2. The van der Waals surface area contributed by atoms with Gasteiger partial charge in [-0.3, -0.25) is 9.59 Å². The number of aliphatic hydroxyl groups is 1. The molecule has 0 aliphatic rings. The molecule has 3 N–H and O–H groups in total. The number of carbonyl (C=O) groups is 2. The molecular weight excluding hydrogens is 232 g/mol. The average Bonchev–Trinajstić information content (AvgIpc) is 2.28. The van der Waals surface area contributed by atoms with Gasteiger partial charge in [-0.2, -0.15) is 0 Å². The van der Waals surface area contributed by atoms with E-state index in [1.54, 1.807) is 25.1 Å². The van der Waals surface area contributed by atoms with E-state index in [9.17, 15) is 9.59 Å². The fourth-order valence-corrected chi connectivity index (χ4v) is 1.39. The van der Waals surface area contributed by atoms with Crippen molar-refractivity contribution in [1.82, 2.24) is 5.32 Å². The molecule has 98 valence electrons. The second kappa shape index (κ2) is 6.76. The van der Waals surface area contributed by atoms with Crippen molar-refractivity contribution in [2.75, 3.05) is 11.9 Å². The lowest BCUT2D eigenvalue weighted by Crippen LogP contribution is -2.36. The third kappa shape index (κ3) is 4.97. The van der Waals surface area contributed by atoms with Crippen LogP contribution >= 0.6 is 0 Å². The van der Waals surface area contributed by atoms with E-state index < -0.39 is 17.9 Å². The SMILES string of the molecule is Cc1cccc(NC(=O)C(=O)NCCC(C)O)c1. The molecule has 1 unspecified atom stereocenters. The summed E-state index contributed by atoms with van der Waals surface area (Å²) in [7, 11) is 0. The number of amides is 2. The molecule has 0 bridgehead atoms. The van der Waals surface area contributed by atoms with Gasteiger partial charge in [-0.15, -0.1) is 0 Å². The van der Waals surface area contributed by atoms with Crippen LogP contribution < -0.4 is 10.6 Å². The van der Waals surface area contributed by atoms with Crippen LogP contribution in [0.15, 0.2) is 24.3 Å². The van der Waals surface area contributed by atoms with E-state index in [0.29, 0.717) is 12.1 Å². The number of benzene rings is 1. The minimum Gasteiger partial charge on any atom is -0.393 e. The Labute approximate surface area is 106 Å². The van der Waals surface area contributed by atoms with Gasteiger partial charge in [0.2, 0.25) is 0 Å². The number of aryl methyl sites for hydroxylation is 1. The summed E-state index contributed by atoms with van der Waals surface area (Å²) in [6, 6.07) is 7.20. The zero-order valence-corrected chi connectivity index (χ0v) is 10.6. The number of aliphatic hydroxyl groups excluding tert-OH is 1. The Hall–Kier alpha value is -1.88. The predicted molar refractivity (Wildman–Crippen MR) is 69.1 cm³/mol. The molecule has 0 spiro atoms. The average molecular weight is 250 g/mol. The summed E-state index contributed by atoms with van der Waals surface area (Å²) >= 11 is 0. The molecule has 0 saturated heterocycles. The van der Waals surface area contributed by atoms with Crippen molar-refractivity contribution in [3.63, 3.8) is 0 Å². The second-order valence-electron chi connectivity index (χ2n) is 4.22. The van der Waals surface area contributed by atoms with E-state index in [-0.39, 0.29) is 6.54 Å². The lowest BCUT2D eigenvalue weighted by Gasteiger charge is -2.07. The molecule has 2 amide bonds. The smallest absolute Gasteiger partial charge is 0.313 e. The Bertz CT molecular complexity index is 430. The van der Waals surface area contributed by atoms with Crippen LogP contribution in [0, 0.1) is 6.92 Å². The molecule has 18 heavy (non-hydrogen) atoms. The Morgan fingerprint density at radius 3 is 2.67 bits per heavy atom. The van der Waals surface area contributed by atoms with Gasteiger partial charge in [0.1, 0.15) is 0 Å². The molecule has 0 fully saturated rings. The van der Waals surface area contributed by atoms with Gasteiger partial charge in [-0.25, -0.2) is 0 Å². The minimum atomic E-state index is -0.703. The maximum absolute atomic E-state index is 11.5. The van der Waals surface area contributed by atoms with E-state index >= 15 is 0 Å². The quantitative estimate of drug-likeness (QED) is 0.692. The summed E-state index contributed by atoms with van der Waals surface area (Å²) in [5.41, 5.74) is 1.59. The van der Waals surface area contributed by atoms with E-state index in [1.165, 1.54) is 0 Å². The van der Waals surface area contributed by atoms with Gasteiger partial charge < -0.3 is 15.7 Å². The summed E-state index contributed by atoms with van der Waals surface area (Å²) in [5, 5.41) is 14.0. The van der Waals surface area contributed by atoms with Crippen molar-refractivity contribution in [2.45, 2.75) is 26.4 Å². The van der Waals surface area contributed by atoms with Crippen LogP contribution in [-0.2, 0) is 9.59 Å². The standard InChI is InChI=1S/C13H18N2O3/c1-9-4-3-5-11(8-9)15-13(18)12(17)14-7-6-10(2)16/h3-5,8,10,16H,6-7H2,1-2H3,(H,14,17)(H,15,18). The molecule has 0 aliphatic carbocycles. The summed E-state index contributed by atoms with van der Waals surface area (Å²) < 4.78 is 0. The molecule has 1 rings (SSSR count). The highest BCUT2D eigenvalue weighted by molar-refractivity contribution is 6.39. The fraction of sp³-hybridized carbons (Fsp3) is 0.385. The van der Waals surface area contributed by atoms with Crippen LogP contribution in [0.5, 0.6) is 0 Å². The number of hydrogen-bond acceptors (Lipinski definition) is 3. The highest BCUT2D eigenvalue weighted by Crippen LogP contribution is 2.08. The molecular formula is C13H18N2O3. The first kappa shape index (κ1) is 14.2. The van der Waals surface area contributed by atoms with Crippen molar-refractivity contribution in [1.29, 1.82) is 0 Å². The van der Waals surface area contributed by atoms with Crippen molar-refractivity contribution in [3.05, 3.63) is 29.8 Å². The summed E-state index contributed by atoms with van der Waals surface area (Å²) in [4.78, 5) is 22.9. The van der Waals surface area contributed by atoms with Gasteiger partial charge in [-0.05, 0) is 38.0 Å². The molecule has 0 saturated carbocycles. The maximum atomic E-state index is 11.5. The van der Waals surface area contributed by atoms with Crippen LogP contribution in [0.1, 0.15) is 18.9 Å². The van der Waals surface area contributed by atoms with E-state index in [1.807, 2.05) is 13.0 Å². The lowest BCUT2D eigenvalue weighted by atomic mass is 10.2. The third-order valence-corrected chi connectivity index (χ3v) is 2.33. The first-order chi connectivity index (χ1) is 8.49. The highest BCUT2D eigenvalue weighted by atomic mass is 16.3. The van der Waals surface area contributed by atoms with E-state index in [4.69, 9.17) is 5.11 Å². The van der Waals surface area contributed by atoms with Crippen LogP contribution in [0.4, 0.5) is 5.69 Å². The molecule has 0 heterocycles. The Morgan fingerprint density at radius 1 is 1.33 bits per heavy atom. The van der Waals surface area contributed by atoms with E-state index in [2.05, 4.69) is 10.6 Å². The molecule has 1 aromatic rings. The minimum absolute atomic E-state index is 0.276. The lowest BCUT2D eigenvalue weighted by molar-refractivity contribution is -0.136. The summed E-state index contributed by atoms with van der Waals surface area (Å²) in [6.45, 7) is 3.80. The normalized spacial score (nSPS) is 11.7. The molecule has 1 atom stereocenters. The Balaban J connectivity index is 2.43. The number of rotatable bonds is 4. The first-order valence-electron chi connectivity index (χ1n) is 5.83. The molecule has 0 aliphatic heterocycles. The molecule has 0 aromatic heterocycles. The molecule has 1 aromatic carbocycles. The van der Waals surface area contributed by atoms with Gasteiger partial charge in [0.25, 0.3) is 0 Å². The molecule has 0 radical (unpaired) electrons. The van der Waals surface area contributed by atoms with Crippen LogP contribution in [0.3, 0.4) is 0 Å². The van der Waals surface area contributed by atoms with Gasteiger partial charge in [0.05, 0.1) is 6.10 Å². The number of nitrogens with one attached hydrogen (secondary N) is 2. The van der Waals surface area contributed by atoms with Crippen LogP contribution in [0.2, 0.25) is 0 Å². The zero-order chi connectivity index (χ0) is 13.5. The molecule has 5 heteroatoms. The summed E-state index contributed by atoms with van der Waals surface area (Å²) in [6.07, 6.45) is -0.0751. The van der Waals surface area contributed by atoms with Crippen LogP contribution in [-0.4, -0.2) is 29.6 Å². The first-order valence-corrected chi connectivity index (χ1v) is 5.83. The molecule has 5 nitrogen and oxygen atoms in total. The van der Waals surface area contributed by atoms with Crippen LogP contribution in [0.25, 0.3) is 0 Å². The van der Waals surface area contributed by atoms with Gasteiger partial charge in [0, 0.05) is 12.2 Å². The maximum Gasteiger partial charge on any atom is 0.313 e. The fourth-order valence-electron chi connectivity index (χ4n) is 1.39. The number of hydrogen-bond donors (Lipinski definition) is 3. The van der Waals surface area contributed by atoms with Crippen molar-refractivity contribution < 1.29 is 14.7 Å². The second-order valence-corrected chi connectivity index (χ2v) is 4.22. The third-order valence-electron chi connectivity index (χ3n) is 2.33. The van der Waals surface area contributed by atoms with Gasteiger partial charge in [0.15, 0.2) is 0 Å². The Morgan fingerprint density at radius 2 is 2.06 bits per heavy atom. The largest absolute Gasteiger partial charge is 0.393 e.